The highest BCUT2D eigenvalue weighted by Crippen LogP contribution is 2.30. The molecule has 4 aromatic rings. The van der Waals surface area contributed by atoms with Crippen LogP contribution in [0.5, 0.6) is 0 Å². The Morgan fingerprint density at radius 3 is 2.39 bits per heavy atom. The molecule has 210 valence electrons. The van der Waals surface area contributed by atoms with Crippen LogP contribution >= 0.6 is 11.6 Å². The number of fused-ring (bicyclic) bond motifs is 1. The highest BCUT2D eigenvalue weighted by atomic mass is 35.5. The zero-order valence-corrected chi connectivity index (χ0v) is 24.3. The molecule has 1 saturated heterocycles. The van der Waals surface area contributed by atoms with Crippen molar-refractivity contribution in [2.24, 2.45) is 9.98 Å². The van der Waals surface area contributed by atoms with Crippen LogP contribution in [0.2, 0.25) is 5.02 Å². The summed E-state index contributed by atoms with van der Waals surface area (Å²) in [5.41, 5.74) is 5.47. The molecule has 0 radical (unpaired) electrons. The SMILES string of the molecule is CCN1CCN(c2ccc(Nc3ncc4cc(-c5ccc(C6=NCC(C)=N6)cc5Cl)c(=O)n(CC)c4n3)cc2)CC1. The molecule has 0 atom stereocenters. The van der Waals surface area contributed by atoms with Crippen LogP contribution in [0.3, 0.4) is 0 Å². The number of piperazine rings is 1. The highest BCUT2D eigenvalue weighted by Gasteiger charge is 2.18. The van der Waals surface area contributed by atoms with Crippen molar-refractivity contribution in [1.82, 2.24) is 19.4 Å². The van der Waals surface area contributed by atoms with Crippen molar-refractivity contribution in [2.45, 2.75) is 27.3 Å². The maximum atomic E-state index is 13.6. The van der Waals surface area contributed by atoms with Gasteiger partial charge in [0.25, 0.3) is 5.56 Å². The number of hydrogen-bond donors (Lipinski definition) is 1. The smallest absolute Gasteiger partial charge is 0.260 e. The number of likely N-dealkylation sites (N-methyl/N-ethyl adjacent to an activating group) is 1. The summed E-state index contributed by atoms with van der Waals surface area (Å²) in [6.45, 7) is 12.5. The van der Waals surface area contributed by atoms with E-state index in [1.807, 2.05) is 50.2 Å². The first-order valence-electron chi connectivity index (χ1n) is 14.1. The minimum absolute atomic E-state index is 0.154. The van der Waals surface area contributed by atoms with E-state index >= 15 is 0 Å². The van der Waals surface area contributed by atoms with Crippen molar-refractivity contribution in [1.29, 1.82) is 0 Å². The lowest BCUT2D eigenvalue weighted by Crippen LogP contribution is -2.46. The Balaban J connectivity index is 1.26. The van der Waals surface area contributed by atoms with Gasteiger partial charge in [0.2, 0.25) is 5.95 Å². The van der Waals surface area contributed by atoms with Crippen LogP contribution in [0.4, 0.5) is 17.3 Å². The molecule has 0 spiro atoms. The van der Waals surface area contributed by atoms with Gasteiger partial charge < -0.3 is 15.1 Å². The summed E-state index contributed by atoms with van der Waals surface area (Å²) in [6.07, 6.45) is 1.74. The average molecular weight is 569 g/mol. The average Bonchev–Trinajstić information content (AvgIpc) is 3.44. The number of aliphatic imine (C=N–C) groups is 2. The van der Waals surface area contributed by atoms with Gasteiger partial charge in [-0.1, -0.05) is 30.7 Å². The van der Waals surface area contributed by atoms with E-state index in [4.69, 9.17) is 16.6 Å². The van der Waals surface area contributed by atoms with Crippen molar-refractivity contribution >= 4 is 51.5 Å². The van der Waals surface area contributed by atoms with Crippen LogP contribution in [-0.2, 0) is 6.54 Å². The van der Waals surface area contributed by atoms with Gasteiger partial charge in [0.15, 0.2) is 5.84 Å². The van der Waals surface area contributed by atoms with Crippen LogP contribution in [0, 0.1) is 0 Å². The Hall–Kier alpha value is -4.08. The van der Waals surface area contributed by atoms with Crippen molar-refractivity contribution in [2.75, 3.05) is 49.5 Å². The fraction of sp³-hybridized carbons (Fsp3) is 0.323. The lowest BCUT2D eigenvalue weighted by Gasteiger charge is -2.35. The van der Waals surface area contributed by atoms with Crippen LogP contribution in [-0.4, -0.2) is 70.3 Å². The lowest BCUT2D eigenvalue weighted by atomic mass is 10.0. The number of halogens is 1. The predicted molar refractivity (Wildman–Crippen MR) is 168 cm³/mol. The monoisotopic (exact) mass is 568 g/mol. The standard InChI is InChI=1S/C31H33ClN8O/c1-4-38-12-14-39(15-13-38)24-9-7-23(8-10-24)36-31-34-19-22-16-26(30(41)40(5-2)29(22)37-31)25-11-6-21(17-27(25)32)28-33-18-20(3)35-28/h6-11,16-17,19H,4-5,12-15,18H2,1-3H3,(H,34,36,37). The maximum Gasteiger partial charge on any atom is 0.260 e. The normalized spacial score (nSPS) is 15.8. The molecule has 2 aromatic carbocycles. The van der Waals surface area contributed by atoms with E-state index in [1.165, 1.54) is 5.69 Å². The second kappa shape index (κ2) is 11.4. The molecule has 2 aliphatic heterocycles. The van der Waals surface area contributed by atoms with E-state index in [0.29, 0.717) is 46.7 Å². The summed E-state index contributed by atoms with van der Waals surface area (Å²) in [5, 5.41) is 4.53. The number of nitrogens with one attached hydrogen (secondary N) is 1. The van der Waals surface area contributed by atoms with Gasteiger partial charge in [-0.3, -0.25) is 14.4 Å². The molecule has 0 amide bonds. The molecule has 0 unspecified atom stereocenters. The summed E-state index contributed by atoms with van der Waals surface area (Å²) >= 11 is 6.69. The molecule has 6 rings (SSSR count). The number of rotatable bonds is 7. The number of aryl methyl sites for hydroxylation is 1. The summed E-state index contributed by atoms with van der Waals surface area (Å²) in [4.78, 5) is 36.7. The minimum Gasteiger partial charge on any atom is -0.369 e. The van der Waals surface area contributed by atoms with Crippen LogP contribution in [0.15, 0.2) is 69.5 Å². The molecule has 4 heterocycles. The van der Waals surface area contributed by atoms with E-state index in [9.17, 15) is 4.79 Å². The third-order valence-electron chi connectivity index (χ3n) is 7.72. The third kappa shape index (κ3) is 5.47. The molecule has 9 nitrogen and oxygen atoms in total. The van der Waals surface area contributed by atoms with Gasteiger partial charge >= 0.3 is 0 Å². The number of anilines is 3. The van der Waals surface area contributed by atoms with Gasteiger partial charge in [0.1, 0.15) is 5.65 Å². The van der Waals surface area contributed by atoms with Crippen LogP contribution in [0.25, 0.3) is 22.2 Å². The van der Waals surface area contributed by atoms with Crippen LogP contribution < -0.4 is 15.8 Å². The molecule has 1 fully saturated rings. The van der Waals surface area contributed by atoms with E-state index in [1.54, 1.807) is 10.8 Å². The summed E-state index contributed by atoms with van der Waals surface area (Å²) in [5.74, 6) is 1.10. The van der Waals surface area contributed by atoms with Gasteiger partial charge in [-0.25, -0.2) is 9.98 Å². The number of pyridine rings is 1. The topological polar surface area (TPSA) is 91.0 Å². The van der Waals surface area contributed by atoms with Gasteiger partial charge in [-0.2, -0.15) is 4.98 Å². The number of hydrogen-bond acceptors (Lipinski definition) is 8. The van der Waals surface area contributed by atoms with Gasteiger partial charge in [-0.15, -0.1) is 0 Å². The number of amidine groups is 1. The Morgan fingerprint density at radius 1 is 0.951 bits per heavy atom. The molecular formula is C31H33ClN8O. The lowest BCUT2D eigenvalue weighted by molar-refractivity contribution is 0.271. The molecule has 2 aromatic heterocycles. The quantitative estimate of drug-likeness (QED) is 0.328. The molecule has 2 aliphatic rings. The Kier molecular flexibility index (Phi) is 7.55. The van der Waals surface area contributed by atoms with E-state index in [-0.39, 0.29) is 5.56 Å². The van der Waals surface area contributed by atoms with Gasteiger partial charge in [-0.05, 0) is 56.8 Å². The minimum atomic E-state index is -0.154. The Morgan fingerprint density at radius 2 is 1.73 bits per heavy atom. The molecule has 0 bridgehead atoms. The van der Waals surface area contributed by atoms with Crippen molar-refractivity contribution < 1.29 is 0 Å². The number of nitrogens with zero attached hydrogens (tertiary/aromatic N) is 7. The maximum absolute atomic E-state index is 13.6. The second-order valence-electron chi connectivity index (χ2n) is 10.4. The molecule has 0 saturated carbocycles. The van der Waals surface area contributed by atoms with Crippen molar-refractivity contribution in [3.05, 3.63) is 75.7 Å². The zero-order valence-electron chi connectivity index (χ0n) is 23.6. The fourth-order valence-electron chi connectivity index (χ4n) is 5.38. The van der Waals surface area contributed by atoms with Crippen molar-refractivity contribution in [3.8, 4) is 11.1 Å². The first-order valence-corrected chi connectivity index (χ1v) is 14.4. The van der Waals surface area contributed by atoms with Gasteiger partial charge in [0, 0.05) is 83.1 Å². The molecular weight excluding hydrogens is 536 g/mol. The summed E-state index contributed by atoms with van der Waals surface area (Å²) < 4.78 is 1.66. The summed E-state index contributed by atoms with van der Waals surface area (Å²) in [7, 11) is 0. The van der Waals surface area contributed by atoms with E-state index in [2.05, 4.69) is 49.1 Å². The van der Waals surface area contributed by atoms with Crippen molar-refractivity contribution in [3.63, 3.8) is 0 Å². The fourth-order valence-corrected chi connectivity index (χ4v) is 5.66. The first kappa shape index (κ1) is 27.1. The highest BCUT2D eigenvalue weighted by molar-refractivity contribution is 6.34. The largest absolute Gasteiger partial charge is 0.369 e. The first-order chi connectivity index (χ1) is 19.9. The molecule has 41 heavy (non-hydrogen) atoms. The predicted octanol–water partition coefficient (Wildman–Crippen LogP) is 5.24. The third-order valence-corrected chi connectivity index (χ3v) is 8.04. The number of aromatic nitrogens is 3. The second-order valence-corrected chi connectivity index (χ2v) is 10.8. The van der Waals surface area contributed by atoms with Gasteiger partial charge in [0.05, 0.1) is 6.54 Å². The number of benzene rings is 2. The zero-order chi connectivity index (χ0) is 28.5. The van der Waals surface area contributed by atoms with E-state index < -0.39 is 0 Å². The molecule has 1 N–H and O–H groups in total. The molecule has 0 aliphatic carbocycles. The summed E-state index contributed by atoms with van der Waals surface area (Å²) in [6, 6.07) is 15.7. The Bertz CT molecular complexity index is 1720. The van der Waals surface area contributed by atoms with E-state index in [0.717, 1.165) is 55.1 Å². The van der Waals surface area contributed by atoms with Crippen LogP contribution in [0.1, 0.15) is 26.3 Å². The Labute approximate surface area is 244 Å². The molecule has 10 heteroatoms.